The van der Waals surface area contributed by atoms with E-state index in [-0.39, 0.29) is 18.2 Å². The minimum Gasteiger partial charge on any atom is -0.467 e. The Morgan fingerprint density at radius 2 is 2.00 bits per heavy atom. The molecule has 0 unspecified atom stereocenters. The summed E-state index contributed by atoms with van der Waals surface area (Å²) in [6.07, 6.45) is -2.22. The molecule has 0 spiro atoms. The predicted octanol–water partition coefficient (Wildman–Crippen LogP) is 0.910. The van der Waals surface area contributed by atoms with E-state index in [0.29, 0.717) is 0 Å². The van der Waals surface area contributed by atoms with Gasteiger partial charge in [0, 0.05) is 0 Å². The summed E-state index contributed by atoms with van der Waals surface area (Å²) in [5.41, 5.74) is 0.268. The maximum atomic E-state index is 11.7. The second-order valence-corrected chi connectivity index (χ2v) is 2.41. The molecule has 4 nitrogen and oxygen atoms in total. The van der Waals surface area contributed by atoms with Crippen LogP contribution in [0, 0.1) is 0 Å². The van der Waals surface area contributed by atoms with E-state index in [0.717, 1.165) is 12.4 Å². The topological polar surface area (TPSA) is 55.2 Å². The second kappa shape index (κ2) is 4.23. The van der Waals surface area contributed by atoms with Gasteiger partial charge < -0.3 is 9.84 Å². The first-order valence-electron chi connectivity index (χ1n) is 3.62. The van der Waals surface area contributed by atoms with Crippen molar-refractivity contribution < 1.29 is 23.0 Å². The Morgan fingerprint density at radius 1 is 1.29 bits per heavy atom. The molecule has 1 heterocycles. The third-order valence-corrected chi connectivity index (χ3v) is 1.23. The van der Waals surface area contributed by atoms with Gasteiger partial charge >= 0.3 is 6.18 Å². The quantitative estimate of drug-likeness (QED) is 0.802. The van der Waals surface area contributed by atoms with Crippen LogP contribution in [-0.2, 0) is 6.61 Å². The number of halogens is 3. The molecular weight excluding hydrogens is 201 g/mol. The SMILES string of the molecule is OCc1cnc(OCC(F)(F)F)cn1. The van der Waals surface area contributed by atoms with Gasteiger partial charge in [0.05, 0.1) is 24.7 Å². The summed E-state index contributed by atoms with van der Waals surface area (Å²) in [7, 11) is 0. The first kappa shape index (κ1) is 10.7. The third kappa shape index (κ3) is 3.56. The standard InChI is InChI=1S/C7H7F3N2O2/c8-7(9,10)4-14-6-2-11-5(3-13)1-12-6/h1-2,13H,3-4H2. The fourth-order valence-electron chi connectivity index (χ4n) is 0.655. The molecule has 0 fully saturated rings. The molecule has 1 N–H and O–H groups in total. The van der Waals surface area contributed by atoms with Gasteiger partial charge in [-0.1, -0.05) is 0 Å². The van der Waals surface area contributed by atoms with Crippen LogP contribution in [0.15, 0.2) is 12.4 Å². The molecule has 0 atom stereocenters. The Labute approximate surface area is 77.4 Å². The van der Waals surface area contributed by atoms with Crippen molar-refractivity contribution in [2.45, 2.75) is 12.8 Å². The molecule has 0 saturated carbocycles. The van der Waals surface area contributed by atoms with Gasteiger partial charge in [0.15, 0.2) is 6.61 Å². The van der Waals surface area contributed by atoms with E-state index < -0.39 is 12.8 Å². The predicted molar refractivity (Wildman–Crippen MR) is 39.5 cm³/mol. The normalized spacial score (nSPS) is 11.4. The lowest BCUT2D eigenvalue weighted by atomic mass is 10.5. The van der Waals surface area contributed by atoms with Crippen LogP contribution in [-0.4, -0.2) is 27.9 Å². The molecule has 78 valence electrons. The maximum Gasteiger partial charge on any atom is 0.422 e. The fourth-order valence-corrected chi connectivity index (χ4v) is 0.655. The third-order valence-electron chi connectivity index (χ3n) is 1.23. The van der Waals surface area contributed by atoms with E-state index in [9.17, 15) is 13.2 Å². The van der Waals surface area contributed by atoms with Crippen molar-refractivity contribution in [3.63, 3.8) is 0 Å². The number of aromatic nitrogens is 2. The van der Waals surface area contributed by atoms with E-state index in [1.54, 1.807) is 0 Å². The Hall–Kier alpha value is -1.37. The Morgan fingerprint density at radius 3 is 2.43 bits per heavy atom. The Kier molecular flexibility index (Phi) is 3.23. The van der Waals surface area contributed by atoms with E-state index in [2.05, 4.69) is 14.7 Å². The van der Waals surface area contributed by atoms with Crippen LogP contribution < -0.4 is 4.74 Å². The molecule has 0 aliphatic heterocycles. The summed E-state index contributed by atoms with van der Waals surface area (Å²) in [6, 6.07) is 0. The number of aliphatic hydroxyl groups excluding tert-OH is 1. The monoisotopic (exact) mass is 208 g/mol. The van der Waals surface area contributed by atoms with Crippen molar-refractivity contribution in [1.82, 2.24) is 9.97 Å². The van der Waals surface area contributed by atoms with E-state index in [1.165, 1.54) is 0 Å². The highest BCUT2D eigenvalue weighted by Gasteiger charge is 2.28. The van der Waals surface area contributed by atoms with Crippen molar-refractivity contribution in [2.75, 3.05) is 6.61 Å². The Bertz CT molecular complexity index is 286. The summed E-state index contributed by atoms with van der Waals surface area (Å²) >= 11 is 0. The van der Waals surface area contributed by atoms with Gasteiger partial charge in [0.1, 0.15) is 0 Å². The van der Waals surface area contributed by atoms with E-state index in [4.69, 9.17) is 5.11 Å². The van der Waals surface area contributed by atoms with Gasteiger partial charge in [-0.3, -0.25) is 4.98 Å². The van der Waals surface area contributed by atoms with Crippen LogP contribution in [0.25, 0.3) is 0 Å². The highest BCUT2D eigenvalue weighted by atomic mass is 19.4. The molecule has 0 bridgehead atoms. The Balaban J connectivity index is 2.52. The van der Waals surface area contributed by atoms with Gasteiger partial charge in [-0.25, -0.2) is 4.98 Å². The molecular formula is C7H7F3N2O2. The zero-order valence-electron chi connectivity index (χ0n) is 6.95. The molecule has 1 aromatic rings. The van der Waals surface area contributed by atoms with Crippen LogP contribution in [0.5, 0.6) is 5.88 Å². The van der Waals surface area contributed by atoms with E-state index >= 15 is 0 Å². The van der Waals surface area contributed by atoms with Crippen LogP contribution >= 0.6 is 0 Å². The molecule has 0 amide bonds. The van der Waals surface area contributed by atoms with Crippen LogP contribution in [0.1, 0.15) is 5.69 Å². The van der Waals surface area contributed by atoms with Gasteiger partial charge in [-0.2, -0.15) is 13.2 Å². The lowest BCUT2D eigenvalue weighted by Gasteiger charge is -2.07. The van der Waals surface area contributed by atoms with Gasteiger partial charge in [-0.05, 0) is 0 Å². The molecule has 0 aliphatic rings. The van der Waals surface area contributed by atoms with Gasteiger partial charge in [-0.15, -0.1) is 0 Å². The van der Waals surface area contributed by atoms with Crippen LogP contribution in [0.2, 0.25) is 0 Å². The number of alkyl halides is 3. The summed E-state index contributed by atoms with van der Waals surface area (Å²) in [5.74, 6) is -0.223. The molecule has 1 aromatic heterocycles. The number of hydrogen-bond donors (Lipinski definition) is 1. The maximum absolute atomic E-state index is 11.7. The number of hydrogen-bond acceptors (Lipinski definition) is 4. The fraction of sp³-hybridized carbons (Fsp3) is 0.429. The molecule has 0 radical (unpaired) electrons. The molecule has 0 aliphatic carbocycles. The molecule has 0 aromatic carbocycles. The number of aliphatic hydroxyl groups is 1. The molecule has 0 saturated heterocycles. The average molecular weight is 208 g/mol. The van der Waals surface area contributed by atoms with Crippen molar-refractivity contribution in [3.8, 4) is 5.88 Å². The number of ether oxygens (including phenoxy) is 1. The zero-order valence-corrected chi connectivity index (χ0v) is 6.95. The highest BCUT2D eigenvalue weighted by molar-refractivity contribution is 5.06. The first-order chi connectivity index (χ1) is 6.51. The zero-order chi connectivity index (χ0) is 10.6. The van der Waals surface area contributed by atoms with Crippen molar-refractivity contribution in [2.24, 2.45) is 0 Å². The smallest absolute Gasteiger partial charge is 0.422 e. The lowest BCUT2D eigenvalue weighted by molar-refractivity contribution is -0.154. The van der Waals surface area contributed by atoms with Crippen molar-refractivity contribution >= 4 is 0 Å². The summed E-state index contributed by atoms with van der Waals surface area (Å²) in [4.78, 5) is 7.10. The summed E-state index contributed by atoms with van der Waals surface area (Å²) < 4.78 is 39.3. The summed E-state index contributed by atoms with van der Waals surface area (Å²) in [5, 5.41) is 8.56. The first-order valence-corrected chi connectivity index (χ1v) is 3.62. The minimum absolute atomic E-state index is 0.223. The minimum atomic E-state index is -4.39. The molecule has 7 heteroatoms. The van der Waals surface area contributed by atoms with Crippen molar-refractivity contribution in [3.05, 3.63) is 18.1 Å². The highest BCUT2D eigenvalue weighted by Crippen LogP contribution is 2.16. The number of rotatable bonds is 3. The van der Waals surface area contributed by atoms with Gasteiger partial charge in [0.2, 0.25) is 5.88 Å². The lowest BCUT2D eigenvalue weighted by Crippen LogP contribution is -2.19. The number of nitrogens with zero attached hydrogens (tertiary/aromatic N) is 2. The largest absolute Gasteiger partial charge is 0.467 e. The van der Waals surface area contributed by atoms with Gasteiger partial charge in [0.25, 0.3) is 0 Å². The van der Waals surface area contributed by atoms with Crippen LogP contribution in [0.3, 0.4) is 0 Å². The molecule has 14 heavy (non-hydrogen) atoms. The average Bonchev–Trinajstić information content (AvgIpc) is 2.14. The van der Waals surface area contributed by atoms with Crippen LogP contribution in [0.4, 0.5) is 13.2 Å². The summed E-state index contributed by atoms with van der Waals surface area (Å²) in [6.45, 7) is -1.72. The van der Waals surface area contributed by atoms with E-state index in [1.807, 2.05) is 0 Å². The molecule has 1 rings (SSSR count). The van der Waals surface area contributed by atoms with Crippen molar-refractivity contribution in [1.29, 1.82) is 0 Å². The second-order valence-electron chi connectivity index (χ2n) is 2.41.